The largest absolute Gasteiger partial charge is 1.00 e. The van der Waals surface area contributed by atoms with Gasteiger partial charge in [0.2, 0.25) is 11.7 Å². The van der Waals surface area contributed by atoms with Gasteiger partial charge in [0.05, 0.1) is 27.3 Å². The molecular formula is C24H34N3NaO8. The number of carbonyl (C=O) groups is 3. The summed E-state index contributed by atoms with van der Waals surface area (Å²) >= 11 is 0. The van der Waals surface area contributed by atoms with E-state index in [-0.39, 0.29) is 41.4 Å². The smallest absolute Gasteiger partial charge is 0.547 e. The maximum Gasteiger partial charge on any atom is 1.00 e. The van der Waals surface area contributed by atoms with Gasteiger partial charge in [-0.2, -0.15) is 0 Å². The predicted octanol–water partition coefficient (Wildman–Crippen LogP) is -3.59. The molecule has 0 saturated carbocycles. The van der Waals surface area contributed by atoms with Crippen molar-refractivity contribution in [1.29, 1.82) is 0 Å². The van der Waals surface area contributed by atoms with E-state index in [1.54, 1.807) is 26.2 Å². The van der Waals surface area contributed by atoms with Crippen molar-refractivity contribution in [3.8, 4) is 17.2 Å². The number of amides is 2. The Morgan fingerprint density at radius 3 is 2.17 bits per heavy atom. The molecule has 2 saturated heterocycles. The van der Waals surface area contributed by atoms with Crippen LogP contribution < -0.4 is 54.2 Å². The Balaban J connectivity index is 0.00000456. The summed E-state index contributed by atoms with van der Waals surface area (Å²) in [6, 6.07) is 3.03. The predicted molar refractivity (Wildman–Crippen MR) is 123 cm³/mol. The Morgan fingerprint density at radius 2 is 1.67 bits per heavy atom. The first-order chi connectivity index (χ1) is 16.7. The van der Waals surface area contributed by atoms with Crippen molar-refractivity contribution in [3.05, 3.63) is 17.7 Å². The van der Waals surface area contributed by atoms with Gasteiger partial charge in [-0.05, 0) is 18.4 Å². The van der Waals surface area contributed by atoms with Gasteiger partial charge in [-0.3, -0.25) is 14.5 Å². The summed E-state index contributed by atoms with van der Waals surface area (Å²) in [4.78, 5) is 40.4. The Bertz CT molecular complexity index is 936. The van der Waals surface area contributed by atoms with Crippen LogP contribution in [0.5, 0.6) is 17.2 Å². The molecule has 1 unspecified atom stereocenters. The average molecular weight is 516 g/mol. The molecule has 1 aromatic carbocycles. The number of aliphatic carboxylic acids is 1. The number of ether oxygens (including phenoxy) is 4. The van der Waals surface area contributed by atoms with Crippen LogP contribution in [0.25, 0.3) is 0 Å². The minimum Gasteiger partial charge on any atom is -0.547 e. The van der Waals surface area contributed by atoms with Crippen LogP contribution in [0.15, 0.2) is 12.1 Å². The number of carboxylic acid groups (broad SMARTS) is 1. The quantitative estimate of drug-likeness (QED) is 0.235. The summed E-state index contributed by atoms with van der Waals surface area (Å²) in [5.41, 5.74) is 0.946. The normalized spacial score (nSPS) is 20.2. The van der Waals surface area contributed by atoms with Gasteiger partial charge in [0, 0.05) is 38.3 Å². The van der Waals surface area contributed by atoms with Crippen LogP contribution in [-0.4, -0.2) is 93.3 Å². The third kappa shape index (κ3) is 7.25. The molecule has 3 rings (SSSR count). The number of benzene rings is 1. The standard InChI is InChI=1S/C24H35N3O8.Na/c1-14(2)12-16(25-22(28)20-21(35-20)24(30)31)23(29)27-10-8-26(9-11-27)13-15-6-7-17(32-3)19(34-5)18(15)33-4;/h6-7,14,16,20-21H,8-13H2,1-5H3,(H,25,28)(H,30,31);/q;+1/p-1/t16?,20-,21-;/m0./s1. The van der Waals surface area contributed by atoms with Gasteiger partial charge in [-0.25, -0.2) is 0 Å². The first-order valence-electron chi connectivity index (χ1n) is 11.7. The van der Waals surface area contributed by atoms with Gasteiger partial charge < -0.3 is 39.1 Å². The Morgan fingerprint density at radius 1 is 1.03 bits per heavy atom. The maximum absolute atomic E-state index is 13.2. The average Bonchev–Trinajstić information content (AvgIpc) is 3.64. The van der Waals surface area contributed by atoms with Crippen molar-refractivity contribution >= 4 is 17.8 Å². The molecule has 0 radical (unpaired) electrons. The second-order valence-corrected chi connectivity index (χ2v) is 9.08. The molecule has 194 valence electrons. The molecule has 1 N–H and O–H groups in total. The van der Waals surface area contributed by atoms with Gasteiger partial charge in [0.15, 0.2) is 17.6 Å². The third-order valence-corrected chi connectivity index (χ3v) is 6.17. The summed E-state index contributed by atoms with van der Waals surface area (Å²) in [6.07, 6.45) is -1.91. The minimum absolute atomic E-state index is 0. The van der Waals surface area contributed by atoms with Gasteiger partial charge in [-0.1, -0.05) is 19.9 Å². The van der Waals surface area contributed by atoms with E-state index in [1.165, 1.54) is 0 Å². The number of epoxide rings is 1. The number of rotatable bonds is 11. The molecule has 0 bridgehead atoms. The van der Waals surface area contributed by atoms with Crippen molar-refractivity contribution < 1.29 is 68.0 Å². The van der Waals surface area contributed by atoms with Crippen LogP contribution in [0.3, 0.4) is 0 Å². The number of nitrogens with one attached hydrogen (secondary N) is 1. The Hall–Kier alpha value is -2.05. The van der Waals surface area contributed by atoms with Crippen LogP contribution in [0.4, 0.5) is 0 Å². The van der Waals surface area contributed by atoms with Crippen LogP contribution in [0.1, 0.15) is 25.8 Å². The van der Waals surface area contributed by atoms with Crippen molar-refractivity contribution in [1.82, 2.24) is 15.1 Å². The Labute approximate surface area is 233 Å². The van der Waals surface area contributed by atoms with E-state index >= 15 is 0 Å². The molecule has 12 heteroatoms. The van der Waals surface area contributed by atoms with Crippen molar-refractivity contribution in [2.45, 2.75) is 45.1 Å². The molecule has 2 amide bonds. The molecule has 3 atom stereocenters. The number of nitrogens with zero attached hydrogens (tertiary/aromatic N) is 2. The topological polar surface area (TPSA) is 133 Å². The SMILES string of the molecule is COc1ccc(CN2CCN(C(=O)C(CC(C)C)NC(=O)[C@H]3O[C@@H]3C(=O)[O-])CC2)c(OC)c1OC.[Na+]. The molecule has 36 heavy (non-hydrogen) atoms. The van der Waals surface area contributed by atoms with Crippen LogP contribution in [0, 0.1) is 5.92 Å². The number of carbonyl (C=O) groups excluding carboxylic acids is 3. The molecule has 1 aromatic rings. The molecule has 0 aliphatic carbocycles. The second kappa shape index (κ2) is 13.5. The summed E-state index contributed by atoms with van der Waals surface area (Å²) in [6.45, 7) is 6.81. The number of hydrogen-bond donors (Lipinski definition) is 1. The van der Waals surface area contributed by atoms with E-state index in [1.807, 2.05) is 26.0 Å². The van der Waals surface area contributed by atoms with E-state index < -0.39 is 30.1 Å². The molecule has 2 aliphatic rings. The van der Waals surface area contributed by atoms with Crippen molar-refractivity contribution in [2.24, 2.45) is 5.92 Å². The van der Waals surface area contributed by atoms with Crippen molar-refractivity contribution in [2.75, 3.05) is 47.5 Å². The molecule has 2 aliphatic heterocycles. The molecule has 0 spiro atoms. The molecule has 11 nitrogen and oxygen atoms in total. The van der Waals surface area contributed by atoms with Gasteiger partial charge in [0.1, 0.15) is 12.1 Å². The van der Waals surface area contributed by atoms with E-state index in [0.717, 1.165) is 5.56 Å². The number of piperazine rings is 1. The molecule has 2 heterocycles. The summed E-state index contributed by atoms with van der Waals surface area (Å²) < 4.78 is 21.2. The van der Waals surface area contributed by atoms with E-state index in [4.69, 9.17) is 18.9 Å². The number of methoxy groups -OCH3 is 3. The minimum atomic E-state index is -1.43. The van der Waals surface area contributed by atoms with E-state index in [2.05, 4.69) is 10.2 Å². The van der Waals surface area contributed by atoms with Gasteiger partial charge in [-0.15, -0.1) is 0 Å². The fraction of sp³-hybridized carbons (Fsp3) is 0.625. The zero-order valence-corrected chi connectivity index (χ0v) is 23.9. The third-order valence-electron chi connectivity index (χ3n) is 6.17. The van der Waals surface area contributed by atoms with Crippen LogP contribution in [0.2, 0.25) is 0 Å². The van der Waals surface area contributed by atoms with E-state index in [0.29, 0.717) is 56.4 Å². The monoisotopic (exact) mass is 515 g/mol. The van der Waals surface area contributed by atoms with Crippen LogP contribution >= 0.6 is 0 Å². The Kier molecular flexibility index (Phi) is 11.3. The van der Waals surface area contributed by atoms with Gasteiger partial charge >= 0.3 is 29.6 Å². The fourth-order valence-electron chi connectivity index (χ4n) is 4.31. The number of carboxylic acids is 1. The van der Waals surface area contributed by atoms with Crippen molar-refractivity contribution in [3.63, 3.8) is 0 Å². The summed E-state index contributed by atoms with van der Waals surface area (Å²) in [7, 11) is 4.72. The molecular weight excluding hydrogens is 481 g/mol. The first kappa shape index (κ1) is 30.2. The zero-order chi connectivity index (χ0) is 25.7. The van der Waals surface area contributed by atoms with Crippen LogP contribution in [-0.2, 0) is 25.7 Å². The fourth-order valence-corrected chi connectivity index (χ4v) is 4.31. The molecule has 0 aromatic heterocycles. The first-order valence-corrected chi connectivity index (χ1v) is 11.7. The van der Waals surface area contributed by atoms with E-state index in [9.17, 15) is 19.5 Å². The number of hydrogen-bond acceptors (Lipinski definition) is 9. The summed E-state index contributed by atoms with van der Waals surface area (Å²) in [5, 5.41) is 13.6. The second-order valence-electron chi connectivity index (χ2n) is 9.08. The van der Waals surface area contributed by atoms with Gasteiger partial charge in [0.25, 0.3) is 5.91 Å². The molecule has 2 fully saturated rings. The maximum atomic E-state index is 13.2. The zero-order valence-electron chi connectivity index (χ0n) is 21.9. The summed E-state index contributed by atoms with van der Waals surface area (Å²) in [5.74, 6) is -0.321.